The van der Waals surface area contributed by atoms with Gasteiger partial charge in [0.25, 0.3) is 5.91 Å². The number of benzene rings is 2. The molecule has 0 spiro atoms. The molecule has 1 fully saturated rings. The van der Waals surface area contributed by atoms with Crippen LogP contribution in [0.4, 0.5) is 5.69 Å². The van der Waals surface area contributed by atoms with E-state index < -0.39 is 0 Å². The average molecular weight is 404 g/mol. The Morgan fingerprint density at radius 3 is 2.73 bits per heavy atom. The van der Waals surface area contributed by atoms with Gasteiger partial charge in [0.05, 0.1) is 20.6 Å². The lowest BCUT2D eigenvalue weighted by molar-refractivity contribution is -0.115. The fourth-order valence-corrected chi connectivity index (χ4v) is 3.27. The van der Waals surface area contributed by atoms with Crippen molar-refractivity contribution in [2.24, 2.45) is 4.99 Å². The number of nitriles is 1. The first-order chi connectivity index (χ1) is 12.6. The van der Waals surface area contributed by atoms with Gasteiger partial charge in [0.1, 0.15) is 11.8 Å². The first-order valence-corrected chi connectivity index (χ1v) is 8.97. The van der Waals surface area contributed by atoms with Crippen LogP contribution >= 0.6 is 35.0 Å². The van der Waals surface area contributed by atoms with Gasteiger partial charge in [-0.25, -0.2) is 4.99 Å². The van der Waals surface area contributed by atoms with Crippen molar-refractivity contribution in [1.82, 2.24) is 5.32 Å². The number of carbonyl (C=O) groups is 1. The average Bonchev–Trinajstić information content (AvgIpc) is 2.97. The number of rotatable bonds is 4. The molecule has 1 N–H and O–H groups in total. The van der Waals surface area contributed by atoms with Gasteiger partial charge in [-0.05, 0) is 47.7 Å². The predicted octanol–water partition coefficient (Wildman–Crippen LogP) is 4.79. The second-order valence-electron chi connectivity index (χ2n) is 5.07. The molecule has 0 aromatic heterocycles. The van der Waals surface area contributed by atoms with Crippen LogP contribution in [0.3, 0.4) is 0 Å². The molecule has 2 aromatic carbocycles. The van der Waals surface area contributed by atoms with Crippen LogP contribution in [0.1, 0.15) is 5.56 Å². The van der Waals surface area contributed by atoms with Crippen LogP contribution in [0.15, 0.2) is 52.4 Å². The van der Waals surface area contributed by atoms with Crippen molar-refractivity contribution in [2.45, 2.75) is 0 Å². The standard InChI is InChI=1S/C18H11Cl2N3O2S/c19-13-2-1-3-14(16(13)20)22-18-23-17(24)15(26-18)10-11-4-6-12(7-5-11)25-9-8-21/h1-7,10H,9H2,(H,22,23,24)/b15-10-. The number of hydrogen-bond donors (Lipinski definition) is 1. The summed E-state index contributed by atoms with van der Waals surface area (Å²) < 4.78 is 5.20. The highest BCUT2D eigenvalue weighted by Crippen LogP contribution is 2.34. The molecule has 2 aromatic rings. The van der Waals surface area contributed by atoms with Crippen LogP contribution in [-0.2, 0) is 4.79 Å². The summed E-state index contributed by atoms with van der Waals surface area (Å²) in [6, 6.07) is 14.1. The highest BCUT2D eigenvalue weighted by Gasteiger charge is 2.24. The minimum Gasteiger partial charge on any atom is -0.479 e. The number of halogens is 2. The fraction of sp³-hybridized carbons (Fsp3) is 0.0556. The number of amides is 1. The van der Waals surface area contributed by atoms with Crippen LogP contribution in [0.2, 0.25) is 10.0 Å². The van der Waals surface area contributed by atoms with E-state index in [0.717, 1.165) is 5.56 Å². The Morgan fingerprint density at radius 2 is 2.00 bits per heavy atom. The van der Waals surface area contributed by atoms with E-state index >= 15 is 0 Å². The molecule has 0 saturated carbocycles. The van der Waals surface area contributed by atoms with E-state index in [9.17, 15) is 4.79 Å². The number of nitrogens with zero attached hydrogens (tertiary/aromatic N) is 2. The summed E-state index contributed by atoms with van der Waals surface area (Å²) in [6.45, 7) is -0.00935. The van der Waals surface area contributed by atoms with Gasteiger partial charge in [-0.2, -0.15) is 5.26 Å². The normalized spacial score (nSPS) is 16.6. The summed E-state index contributed by atoms with van der Waals surface area (Å²) in [6.07, 6.45) is 1.75. The molecular weight excluding hydrogens is 393 g/mol. The van der Waals surface area contributed by atoms with Crippen molar-refractivity contribution in [1.29, 1.82) is 5.26 Å². The van der Waals surface area contributed by atoms with Gasteiger partial charge in [-0.3, -0.25) is 4.79 Å². The molecule has 1 saturated heterocycles. The Labute approximate surface area is 164 Å². The van der Waals surface area contributed by atoms with Crippen LogP contribution < -0.4 is 10.1 Å². The minimum atomic E-state index is -0.239. The summed E-state index contributed by atoms with van der Waals surface area (Å²) in [5, 5.41) is 12.4. The van der Waals surface area contributed by atoms with Crippen LogP contribution in [0, 0.1) is 11.3 Å². The zero-order chi connectivity index (χ0) is 18.5. The Hall–Kier alpha value is -2.46. The lowest BCUT2D eigenvalue weighted by atomic mass is 10.2. The van der Waals surface area contributed by atoms with Crippen molar-refractivity contribution < 1.29 is 9.53 Å². The Kier molecular flexibility index (Phi) is 5.84. The lowest BCUT2D eigenvalue weighted by Gasteiger charge is -2.01. The van der Waals surface area contributed by atoms with Crippen molar-refractivity contribution in [3.8, 4) is 11.8 Å². The number of aliphatic imine (C=N–C) groups is 1. The zero-order valence-corrected chi connectivity index (χ0v) is 15.5. The Balaban J connectivity index is 1.77. The second kappa shape index (κ2) is 8.28. The molecule has 130 valence electrons. The number of ether oxygens (including phenoxy) is 1. The SMILES string of the molecule is N#CCOc1ccc(/C=C2\SC(=Nc3cccc(Cl)c3Cl)NC2=O)cc1. The molecule has 26 heavy (non-hydrogen) atoms. The van der Waals surface area contributed by atoms with Gasteiger partial charge in [0.2, 0.25) is 0 Å². The first-order valence-electron chi connectivity index (χ1n) is 7.40. The summed E-state index contributed by atoms with van der Waals surface area (Å²) in [5.41, 5.74) is 1.32. The van der Waals surface area contributed by atoms with E-state index in [0.29, 0.717) is 31.6 Å². The number of nitrogens with one attached hydrogen (secondary N) is 1. The van der Waals surface area contributed by atoms with Crippen molar-refractivity contribution in [3.63, 3.8) is 0 Å². The lowest BCUT2D eigenvalue weighted by Crippen LogP contribution is -2.19. The third-order valence-corrected chi connectivity index (χ3v) is 5.00. The van der Waals surface area contributed by atoms with Crippen molar-refractivity contribution in [3.05, 3.63) is 63.0 Å². The quantitative estimate of drug-likeness (QED) is 0.744. The van der Waals surface area contributed by atoms with Crippen LogP contribution in [0.5, 0.6) is 5.75 Å². The Bertz CT molecular complexity index is 950. The maximum atomic E-state index is 12.1. The van der Waals surface area contributed by atoms with E-state index in [1.807, 2.05) is 6.07 Å². The molecule has 0 radical (unpaired) electrons. The monoisotopic (exact) mass is 403 g/mol. The second-order valence-corrected chi connectivity index (χ2v) is 6.89. The predicted molar refractivity (Wildman–Crippen MR) is 105 cm³/mol. The molecule has 0 aliphatic carbocycles. The zero-order valence-electron chi connectivity index (χ0n) is 13.2. The Morgan fingerprint density at radius 1 is 1.23 bits per heavy atom. The topological polar surface area (TPSA) is 74.5 Å². The molecule has 3 rings (SSSR count). The van der Waals surface area contributed by atoms with E-state index in [-0.39, 0.29) is 12.5 Å². The maximum absolute atomic E-state index is 12.1. The third kappa shape index (κ3) is 4.38. The molecule has 0 atom stereocenters. The van der Waals surface area contributed by atoms with Gasteiger partial charge < -0.3 is 10.1 Å². The molecule has 5 nitrogen and oxygen atoms in total. The number of hydrogen-bond acceptors (Lipinski definition) is 5. The molecule has 1 heterocycles. The summed E-state index contributed by atoms with van der Waals surface area (Å²) in [4.78, 5) is 17.0. The molecular formula is C18H11Cl2N3O2S. The third-order valence-electron chi connectivity index (χ3n) is 3.29. The van der Waals surface area contributed by atoms with Gasteiger partial charge in [0.15, 0.2) is 11.8 Å². The highest BCUT2D eigenvalue weighted by molar-refractivity contribution is 8.18. The molecule has 1 aliphatic rings. The minimum absolute atomic E-state index is 0.00935. The van der Waals surface area contributed by atoms with E-state index in [4.69, 9.17) is 33.2 Å². The maximum Gasteiger partial charge on any atom is 0.264 e. The summed E-state index contributed by atoms with van der Waals surface area (Å²) >= 11 is 13.3. The number of carbonyl (C=O) groups excluding carboxylic acids is 1. The molecule has 0 unspecified atom stereocenters. The summed E-state index contributed by atoms with van der Waals surface area (Å²) in [5.74, 6) is 0.354. The number of amidine groups is 1. The summed E-state index contributed by atoms with van der Waals surface area (Å²) in [7, 11) is 0. The largest absolute Gasteiger partial charge is 0.479 e. The van der Waals surface area contributed by atoms with Gasteiger partial charge in [0, 0.05) is 0 Å². The van der Waals surface area contributed by atoms with Gasteiger partial charge in [-0.1, -0.05) is 41.4 Å². The highest BCUT2D eigenvalue weighted by atomic mass is 35.5. The number of thioether (sulfide) groups is 1. The van der Waals surface area contributed by atoms with E-state index in [2.05, 4.69) is 10.3 Å². The molecule has 0 bridgehead atoms. The van der Waals surface area contributed by atoms with Crippen LogP contribution in [-0.4, -0.2) is 17.7 Å². The van der Waals surface area contributed by atoms with Gasteiger partial charge in [-0.15, -0.1) is 0 Å². The van der Waals surface area contributed by atoms with Crippen molar-refractivity contribution in [2.75, 3.05) is 6.61 Å². The van der Waals surface area contributed by atoms with Crippen molar-refractivity contribution >= 4 is 57.8 Å². The first kappa shape index (κ1) is 18.3. The van der Waals surface area contributed by atoms with Gasteiger partial charge >= 0.3 is 0 Å². The smallest absolute Gasteiger partial charge is 0.264 e. The van der Waals surface area contributed by atoms with E-state index in [1.165, 1.54) is 11.8 Å². The molecule has 8 heteroatoms. The van der Waals surface area contributed by atoms with E-state index in [1.54, 1.807) is 48.5 Å². The fourth-order valence-electron chi connectivity index (χ4n) is 2.10. The molecule has 1 amide bonds. The molecule has 1 aliphatic heterocycles. The van der Waals surface area contributed by atoms with Crippen LogP contribution in [0.25, 0.3) is 6.08 Å².